The normalized spacial score (nSPS) is 9.18. The largest absolute Gasteiger partial charge is 0.456 e. The second-order valence-corrected chi connectivity index (χ2v) is 8.18. The predicted molar refractivity (Wildman–Crippen MR) is 149 cm³/mol. The van der Waals surface area contributed by atoms with Crippen LogP contribution >= 0.6 is 0 Å². The highest BCUT2D eigenvalue weighted by Crippen LogP contribution is 2.12. The molecule has 0 aromatic heterocycles. The van der Waals surface area contributed by atoms with Gasteiger partial charge in [-0.3, -0.25) is 4.79 Å². The van der Waals surface area contributed by atoms with Crippen molar-refractivity contribution in [1.82, 2.24) is 0 Å². The molecule has 0 aliphatic rings. The van der Waals surface area contributed by atoms with Gasteiger partial charge in [0.2, 0.25) is 0 Å². The zero-order valence-electron chi connectivity index (χ0n) is 22.3. The van der Waals surface area contributed by atoms with Gasteiger partial charge in [0.15, 0.2) is 6.10 Å². The van der Waals surface area contributed by atoms with E-state index in [0.717, 1.165) is 19.3 Å². The number of ether oxygens (including phenoxy) is 2. The van der Waals surface area contributed by atoms with Crippen LogP contribution in [0.5, 0.6) is 0 Å². The minimum absolute atomic E-state index is 0.273. The van der Waals surface area contributed by atoms with Gasteiger partial charge in [-0.25, -0.2) is 4.79 Å². The molecule has 0 amide bonds. The SMILES string of the molecule is C#CC#CC#CC#CC#CC#CC#CC(=O)OC[C@@H](CO)OC(=O)CCCCCCCCCCCCCC. The van der Waals surface area contributed by atoms with Crippen molar-refractivity contribution in [3.8, 4) is 83.4 Å². The fourth-order valence-electron chi connectivity index (χ4n) is 3.08. The summed E-state index contributed by atoms with van der Waals surface area (Å²) < 4.78 is 10.1. The Morgan fingerprint density at radius 1 is 0.684 bits per heavy atom. The Labute approximate surface area is 229 Å². The fraction of sp³-hybridized carbons (Fsp3) is 0.515. The smallest absolute Gasteiger partial charge is 0.385 e. The quantitative estimate of drug-likeness (QED) is 0.137. The van der Waals surface area contributed by atoms with Gasteiger partial charge in [-0.05, 0) is 77.5 Å². The van der Waals surface area contributed by atoms with Crippen molar-refractivity contribution in [2.24, 2.45) is 0 Å². The zero-order chi connectivity index (χ0) is 27.9. The van der Waals surface area contributed by atoms with Gasteiger partial charge in [-0.15, -0.1) is 6.42 Å². The Bertz CT molecular complexity index is 1120. The first-order valence-corrected chi connectivity index (χ1v) is 13.1. The van der Waals surface area contributed by atoms with Crippen LogP contribution in [0.2, 0.25) is 0 Å². The van der Waals surface area contributed by atoms with Crippen LogP contribution in [0.4, 0.5) is 0 Å². The van der Waals surface area contributed by atoms with Crippen LogP contribution < -0.4 is 0 Å². The second-order valence-electron chi connectivity index (χ2n) is 8.18. The van der Waals surface area contributed by atoms with Crippen LogP contribution in [-0.4, -0.2) is 36.4 Å². The van der Waals surface area contributed by atoms with E-state index in [4.69, 9.17) is 15.9 Å². The van der Waals surface area contributed by atoms with E-state index in [-0.39, 0.29) is 13.0 Å². The van der Waals surface area contributed by atoms with E-state index in [2.05, 4.69) is 83.9 Å². The molecule has 38 heavy (non-hydrogen) atoms. The van der Waals surface area contributed by atoms with Gasteiger partial charge in [0, 0.05) is 12.3 Å². The molecule has 0 aromatic carbocycles. The summed E-state index contributed by atoms with van der Waals surface area (Å²) in [7, 11) is 0. The molecule has 0 unspecified atom stereocenters. The van der Waals surface area contributed by atoms with Crippen molar-refractivity contribution in [3.05, 3.63) is 0 Å². The van der Waals surface area contributed by atoms with Gasteiger partial charge < -0.3 is 14.6 Å². The number of carbonyl (C=O) groups excluding carboxylic acids is 2. The van der Waals surface area contributed by atoms with E-state index >= 15 is 0 Å². The van der Waals surface area contributed by atoms with Crippen molar-refractivity contribution in [2.45, 2.75) is 96.5 Å². The standard InChI is InChI=1S/C33H36O5/c1-3-5-7-9-11-13-15-17-19-21-23-25-27-32(35)37-30-31(29-34)38-33(36)28-26-24-22-20-18-16-14-12-10-8-6-4-2/h1,31,34H,4,6,8,10,12,14,16,18,20,22,24,26,28-30H2,2H3/t31-/m1/s1. The Morgan fingerprint density at radius 2 is 1.13 bits per heavy atom. The molecule has 5 heteroatoms. The summed E-state index contributed by atoms with van der Waals surface area (Å²) in [5, 5.41) is 9.37. The highest BCUT2D eigenvalue weighted by molar-refractivity contribution is 5.89. The van der Waals surface area contributed by atoms with E-state index < -0.39 is 24.6 Å². The molecule has 0 saturated carbocycles. The molecular formula is C33H36O5. The summed E-state index contributed by atoms with van der Waals surface area (Å²) in [5.41, 5.74) is 0. The number of hydrogen-bond acceptors (Lipinski definition) is 5. The highest BCUT2D eigenvalue weighted by Gasteiger charge is 2.15. The van der Waals surface area contributed by atoms with Crippen molar-refractivity contribution < 1.29 is 24.2 Å². The predicted octanol–water partition coefficient (Wildman–Crippen LogP) is 4.18. The lowest BCUT2D eigenvalue weighted by Crippen LogP contribution is -2.28. The zero-order valence-corrected chi connectivity index (χ0v) is 22.3. The Kier molecular flexibility index (Phi) is 24.4. The van der Waals surface area contributed by atoms with E-state index in [9.17, 15) is 14.7 Å². The molecule has 1 atom stereocenters. The van der Waals surface area contributed by atoms with Gasteiger partial charge in [-0.2, -0.15) is 0 Å². The van der Waals surface area contributed by atoms with Crippen LogP contribution in [-0.2, 0) is 19.1 Å². The first-order valence-electron chi connectivity index (χ1n) is 13.1. The van der Waals surface area contributed by atoms with Gasteiger partial charge in [-0.1, -0.05) is 77.6 Å². The lowest BCUT2D eigenvalue weighted by atomic mass is 10.0. The molecule has 0 aliphatic carbocycles. The van der Waals surface area contributed by atoms with Gasteiger partial charge >= 0.3 is 11.9 Å². The molecule has 0 spiro atoms. The topological polar surface area (TPSA) is 72.8 Å². The van der Waals surface area contributed by atoms with E-state index in [1.165, 1.54) is 57.8 Å². The first kappa shape index (κ1) is 33.8. The minimum atomic E-state index is -0.929. The number of terminal acetylenes is 1. The molecular weight excluding hydrogens is 476 g/mol. The van der Waals surface area contributed by atoms with Crippen LogP contribution in [0.1, 0.15) is 90.4 Å². The van der Waals surface area contributed by atoms with Crippen molar-refractivity contribution in [3.63, 3.8) is 0 Å². The summed E-state index contributed by atoms with van der Waals surface area (Å²) in [5.74, 6) is 29.3. The average molecular weight is 513 g/mol. The van der Waals surface area contributed by atoms with E-state index in [1.54, 1.807) is 0 Å². The van der Waals surface area contributed by atoms with Crippen molar-refractivity contribution in [1.29, 1.82) is 0 Å². The number of esters is 2. The maximum absolute atomic E-state index is 12.0. The summed E-state index contributed by atoms with van der Waals surface area (Å²) in [6.07, 6.45) is 18.8. The van der Waals surface area contributed by atoms with E-state index in [1.807, 2.05) is 0 Å². The Hall–Kier alpha value is -4.18. The molecule has 0 bridgehead atoms. The molecule has 1 N–H and O–H groups in total. The lowest BCUT2D eigenvalue weighted by Gasteiger charge is -2.14. The maximum Gasteiger partial charge on any atom is 0.385 e. The monoisotopic (exact) mass is 512 g/mol. The molecule has 198 valence electrons. The van der Waals surface area contributed by atoms with Crippen LogP contribution in [0.25, 0.3) is 0 Å². The number of hydrogen-bond donors (Lipinski definition) is 1. The summed E-state index contributed by atoms with van der Waals surface area (Å²) >= 11 is 0. The minimum Gasteiger partial charge on any atom is -0.456 e. The molecule has 0 saturated heterocycles. The Morgan fingerprint density at radius 3 is 1.61 bits per heavy atom. The lowest BCUT2D eigenvalue weighted by molar-refractivity contribution is -0.159. The maximum atomic E-state index is 12.0. The molecule has 0 heterocycles. The van der Waals surface area contributed by atoms with Crippen LogP contribution in [0.3, 0.4) is 0 Å². The van der Waals surface area contributed by atoms with Gasteiger partial charge in [0.1, 0.15) is 6.61 Å². The van der Waals surface area contributed by atoms with Gasteiger partial charge in [0.25, 0.3) is 0 Å². The number of aliphatic hydroxyl groups is 1. The van der Waals surface area contributed by atoms with Gasteiger partial charge in [0.05, 0.1) is 6.61 Å². The fourth-order valence-corrected chi connectivity index (χ4v) is 3.08. The summed E-state index contributed by atoms with van der Waals surface area (Å²) in [6, 6.07) is 0. The second kappa shape index (κ2) is 27.4. The first-order chi connectivity index (χ1) is 18.6. The molecule has 0 aliphatic heterocycles. The summed E-state index contributed by atoms with van der Waals surface area (Å²) in [4.78, 5) is 23.6. The molecule has 5 nitrogen and oxygen atoms in total. The molecule has 0 rings (SSSR count). The van der Waals surface area contributed by atoms with Crippen LogP contribution in [0.15, 0.2) is 0 Å². The van der Waals surface area contributed by atoms with Crippen molar-refractivity contribution in [2.75, 3.05) is 13.2 Å². The van der Waals surface area contributed by atoms with Crippen LogP contribution in [0, 0.1) is 83.4 Å². The summed E-state index contributed by atoms with van der Waals surface area (Å²) in [6.45, 7) is 1.49. The van der Waals surface area contributed by atoms with E-state index in [0.29, 0.717) is 0 Å². The highest BCUT2D eigenvalue weighted by atomic mass is 16.6. The Balaban J connectivity index is 4.01. The number of aliphatic hydroxyl groups excluding tert-OH is 1. The third-order valence-electron chi connectivity index (χ3n) is 5.00. The number of carbonyl (C=O) groups is 2. The molecule has 0 fully saturated rings. The molecule has 0 radical (unpaired) electrons. The third kappa shape index (κ3) is 24.9. The molecule has 0 aromatic rings. The average Bonchev–Trinajstić information content (AvgIpc) is 2.92. The number of unbranched alkanes of at least 4 members (excludes halogenated alkanes) is 11. The van der Waals surface area contributed by atoms with Crippen molar-refractivity contribution >= 4 is 11.9 Å². The third-order valence-corrected chi connectivity index (χ3v) is 5.00. The number of rotatable bonds is 17.